The Morgan fingerprint density at radius 2 is 2.32 bits per heavy atom. The van der Waals surface area contributed by atoms with Gasteiger partial charge in [0.25, 0.3) is 10.0 Å². The van der Waals surface area contributed by atoms with E-state index in [0.29, 0.717) is 12.8 Å². The standard InChI is InChI=1S/C10H12N4O4S/c11-4-6-2-1-3-8(6)14-19(17,18)9-7(10(15)16)5-12-13-9/h5-6,8,14H,1-3H2,(H,12,13)(H,15,16). The number of rotatable bonds is 4. The molecule has 1 aliphatic carbocycles. The van der Waals surface area contributed by atoms with Crippen LogP contribution in [0.3, 0.4) is 0 Å². The molecule has 0 amide bonds. The van der Waals surface area contributed by atoms with E-state index in [1.165, 1.54) is 0 Å². The first-order valence-corrected chi connectivity index (χ1v) is 7.12. The van der Waals surface area contributed by atoms with Crippen molar-refractivity contribution in [2.75, 3.05) is 0 Å². The molecule has 1 aromatic rings. The Morgan fingerprint density at radius 1 is 1.58 bits per heavy atom. The summed E-state index contributed by atoms with van der Waals surface area (Å²) in [5.41, 5.74) is -0.418. The van der Waals surface area contributed by atoms with Gasteiger partial charge in [-0.25, -0.2) is 17.9 Å². The van der Waals surface area contributed by atoms with Crippen molar-refractivity contribution in [1.29, 1.82) is 5.26 Å². The highest BCUT2D eigenvalue weighted by molar-refractivity contribution is 7.89. The Kier molecular flexibility index (Phi) is 3.55. The van der Waals surface area contributed by atoms with Crippen molar-refractivity contribution < 1.29 is 18.3 Å². The van der Waals surface area contributed by atoms with E-state index in [4.69, 9.17) is 10.4 Å². The SMILES string of the molecule is N#CC1CCCC1NS(=O)(=O)c1[nH]ncc1C(=O)O. The molecule has 8 nitrogen and oxygen atoms in total. The topological polar surface area (TPSA) is 136 Å². The van der Waals surface area contributed by atoms with Crippen molar-refractivity contribution in [2.24, 2.45) is 5.92 Å². The normalized spacial score (nSPS) is 23.1. The van der Waals surface area contributed by atoms with Gasteiger partial charge in [-0.2, -0.15) is 10.4 Å². The highest BCUT2D eigenvalue weighted by Gasteiger charge is 2.33. The number of carbonyl (C=O) groups is 1. The summed E-state index contributed by atoms with van der Waals surface area (Å²) in [6, 6.07) is 1.56. The molecular formula is C10H12N4O4S. The van der Waals surface area contributed by atoms with Crippen molar-refractivity contribution >= 4 is 16.0 Å². The van der Waals surface area contributed by atoms with Gasteiger partial charge in [-0.05, 0) is 12.8 Å². The quantitative estimate of drug-likeness (QED) is 0.716. The van der Waals surface area contributed by atoms with E-state index in [0.717, 1.165) is 12.6 Å². The molecule has 1 aromatic heterocycles. The maximum atomic E-state index is 12.1. The third-order valence-electron chi connectivity index (χ3n) is 3.09. The van der Waals surface area contributed by atoms with E-state index in [9.17, 15) is 13.2 Å². The second-order valence-corrected chi connectivity index (χ2v) is 5.96. The zero-order chi connectivity index (χ0) is 14.0. The summed E-state index contributed by atoms with van der Waals surface area (Å²) in [7, 11) is -4.02. The zero-order valence-electron chi connectivity index (χ0n) is 9.83. The van der Waals surface area contributed by atoms with Crippen LogP contribution < -0.4 is 4.72 Å². The maximum Gasteiger partial charge on any atom is 0.340 e. The first-order valence-electron chi connectivity index (χ1n) is 5.64. The number of sulfonamides is 1. The zero-order valence-corrected chi connectivity index (χ0v) is 10.6. The summed E-state index contributed by atoms with van der Waals surface area (Å²) < 4.78 is 26.5. The molecule has 1 fully saturated rings. The molecular weight excluding hydrogens is 272 g/mol. The lowest BCUT2D eigenvalue weighted by molar-refractivity contribution is 0.0692. The summed E-state index contributed by atoms with van der Waals surface area (Å²) >= 11 is 0. The fourth-order valence-corrected chi connectivity index (χ4v) is 3.55. The molecule has 19 heavy (non-hydrogen) atoms. The van der Waals surface area contributed by atoms with Gasteiger partial charge in [-0.15, -0.1) is 0 Å². The molecule has 0 saturated heterocycles. The van der Waals surface area contributed by atoms with Crippen molar-refractivity contribution in [3.63, 3.8) is 0 Å². The fourth-order valence-electron chi connectivity index (χ4n) is 2.15. The van der Waals surface area contributed by atoms with Crippen LogP contribution in [-0.4, -0.2) is 35.7 Å². The number of aromatic amines is 1. The lowest BCUT2D eigenvalue weighted by atomic mass is 10.1. The predicted molar refractivity (Wildman–Crippen MR) is 62.6 cm³/mol. The molecule has 0 aromatic carbocycles. The average Bonchev–Trinajstić information content (AvgIpc) is 2.95. The molecule has 1 aliphatic rings. The monoisotopic (exact) mass is 284 g/mol. The Hall–Kier alpha value is -1.92. The van der Waals surface area contributed by atoms with Gasteiger partial charge in [0, 0.05) is 6.04 Å². The van der Waals surface area contributed by atoms with Gasteiger partial charge in [-0.1, -0.05) is 6.42 Å². The minimum absolute atomic E-state index is 0.383. The number of H-pyrrole nitrogens is 1. The molecule has 2 rings (SSSR count). The number of carboxylic acid groups (broad SMARTS) is 1. The lowest BCUT2D eigenvalue weighted by Crippen LogP contribution is -2.37. The van der Waals surface area contributed by atoms with Crippen molar-refractivity contribution in [2.45, 2.75) is 30.3 Å². The van der Waals surface area contributed by atoms with Crippen LogP contribution >= 0.6 is 0 Å². The van der Waals surface area contributed by atoms with E-state index < -0.39 is 32.6 Å². The second kappa shape index (κ2) is 4.99. The number of aromatic carboxylic acids is 1. The predicted octanol–water partition coefficient (Wildman–Crippen LogP) is 0.0785. The Morgan fingerprint density at radius 3 is 2.95 bits per heavy atom. The van der Waals surface area contributed by atoms with E-state index in [1.807, 2.05) is 0 Å². The molecule has 0 bridgehead atoms. The Balaban J connectivity index is 2.26. The molecule has 0 spiro atoms. The van der Waals surface area contributed by atoms with Crippen LogP contribution in [0.2, 0.25) is 0 Å². The van der Waals surface area contributed by atoms with Gasteiger partial charge in [-0.3, -0.25) is 5.10 Å². The number of nitrogens with zero attached hydrogens (tertiary/aromatic N) is 2. The van der Waals surface area contributed by atoms with Crippen molar-refractivity contribution in [1.82, 2.24) is 14.9 Å². The number of aromatic nitrogens is 2. The third-order valence-corrected chi connectivity index (χ3v) is 4.55. The Labute approximate surface area is 109 Å². The van der Waals surface area contributed by atoms with Gasteiger partial charge >= 0.3 is 5.97 Å². The largest absolute Gasteiger partial charge is 0.478 e. The summed E-state index contributed by atoms with van der Waals surface area (Å²) in [6.07, 6.45) is 2.90. The molecule has 9 heteroatoms. The van der Waals surface area contributed by atoms with Gasteiger partial charge in [0.05, 0.1) is 18.2 Å². The summed E-state index contributed by atoms with van der Waals surface area (Å²) in [5, 5.41) is 22.9. The van der Waals surface area contributed by atoms with Crippen molar-refractivity contribution in [3.05, 3.63) is 11.8 Å². The molecule has 3 N–H and O–H groups in total. The van der Waals surface area contributed by atoms with Crippen LogP contribution in [0.4, 0.5) is 0 Å². The molecule has 1 saturated carbocycles. The third kappa shape index (κ3) is 2.59. The van der Waals surface area contributed by atoms with Gasteiger partial charge in [0.1, 0.15) is 5.56 Å². The summed E-state index contributed by atoms with van der Waals surface area (Å²) in [6.45, 7) is 0. The van der Waals surface area contributed by atoms with E-state index in [-0.39, 0.29) is 5.92 Å². The molecule has 1 heterocycles. The van der Waals surface area contributed by atoms with Crippen LogP contribution in [0.5, 0.6) is 0 Å². The van der Waals surface area contributed by atoms with Gasteiger partial charge in [0.15, 0.2) is 5.03 Å². The fraction of sp³-hybridized carbons (Fsp3) is 0.500. The van der Waals surface area contributed by atoms with Crippen LogP contribution in [0.25, 0.3) is 0 Å². The average molecular weight is 284 g/mol. The molecule has 0 aliphatic heterocycles. The number of nitriles is 1. The first-order chi connectivity index (χ1) is 8.95. The molecule has 2 unspecified atom stereocenters. The summed E-state index contributed by atoms with van der Waals surface area (Å²) in [5.74, 6) is -1.76. The highest BCUT2D eigenvalue weighted by atomic mass is 32.2. The Bertz CT molecular complexity index is 630. The van der Waals surface area contributed by atoms with Gasteiger partial charge < -0.3 is 5.11 Å². The number of hydrogen-bond acceptors (Lipinski definition) is 5. The first kappa shape index (κ1) is 13.5. The molecule has 102 valence electrons. The van der Waals surface area contributed by atoms with Crippen molar-refractivity contribution in [3.8, 4) is 6.07 Å². The number of carboxylic acids is 1. The van der Waals surface area contributed by atoms with Crippen LogP contribution in [0.1, 0.15) is 29.6 Å². The van der Waals surface area contributed by atoms with E-state index in [2.05, 4.69) is 21.0 Å². The van der Waals surface area contributed by atoms with Crippen LogP contribution in [0, 0.1) is 17.2 Å². The smallest absolute Gasteiger partial charge is 0.340 e. The van der Waals surface area contributed by atoms with Gasteiger partial charge in [0.2, 0.25) is 0 Å². The van der Waals surface area contributed by atoms with E-state index in [1.54, 1.807) is 0 Å². The van der Waals surface area contributed by atoms with E-state index >= 15 is 0 Å². The molecule has 2 atom stereocenters. The number of hydrogen-bond donors (Lipinski definition) is 3. The van der Waals surface area contributed by atoms with Crippen LogP contribution in [0.15, 0.2) is 11.2 Å². The van der Waals surface area contributed by atoms with Crippen LogP contribution in [-0.2, 0) is 10.0 Å². The highest BCUT2D eigenvalue weighted by Crippen LogP contribution is 2.26. The lowest BCUT2D eigenvalue weighted by Gasteiger charge is -2.15. The minimum atomic E-state index is -4.02. The minimum Gasteiger partial charge on any atom is -0.478 e. The maximum absolute atomic E-state index is 12.1. The number of nitrogens with one attached hydrogen (secondary N) is 2. The molecule has 0 radical (unpaired) electrons. The summed E-state index contributed by atoms with van der Waals surface area (Å²) in [4.78, 5) is 10.9. The second-order valence-electron chi connectivity index (χ2n) is 4.31.